The zero-order valence-corrected chi connectivity index (χ0v) is 7.81. The van der Waals surface area contributed by atoms with Crippen LogP contribution < -0.4 is 5.32 Å². The van der Waals surface area contributed by atoms with Crippen LogP contribution in [0.15, 0.2) is 0 Å². The van der Waals surface area contributed by atoms with Crippen LogP contribution in [0, 0.1) is 0 Å². The fourth-order valence-electron chi connectivity index (χ4n) is 1.28. The molecule has 0 aromatic heterocycles. The minimum absolute atomic E-state index is 0.268. The van der Waals surface area contributed by atoms with E-state index in [1.54, 1.807) is 0 Å². The predicted octanol–water partition coefficient (Wildman–Crippen LogP) is 1.55. The van der Waals surface area contributed by atoms with Gasteiger partial charge in [-0.15, -0.1) is 0 Å². The van der Waals surface area contributed by atoms with Crippen molar-refractivity contribution < 1.29 is 4.74 Å². The van der Waals surface area contributed by atoms with Gasteiger partial charge >= 0.3 is 0 Å². The van der Waals surface area contributed by atoms with Gasteiger partial charge in [0, 0.05) is 18.7 Å². The first-order chi connectivity index (χ1) is 5.14. The molecule has 0 aliphatic carbocycles. The molecule has 1 heterocycles. The van der Waals surface area contributed by atoms with Gasteiger partial charge in [0.1, 0.15) is 0 Å². The van der Waals surface area contributed by atoms with Crippen LogP contribution >= 0.6 is 0 Å². The van der Waals surface area contributed by atoms with Crippen LogP contribution in [0.25, 0.3) is 0 Å². The molecule has 1 rings (SSSR count). The summed E-state index contributed by atoms with van der Waals surface area (Å²) in [6, 6.07) is 0. The van der Waals surface area contributed by atoms with Crippen LogP contribution in [-0.4, -0.2) is 24.8 Å². The third-order valence-corrected chi connectivity index (χ3v) is 2.34. The SMILES string of the molecule is CCC1CNC(C)(C)CCO1. The summed E-state index contributed by atoms with van der Waals surface area (Å²) in [5.74, 6) is 0. The maximum absolute atomic E-state index is 5.63. The van der Waals surface area contributed by atoms with E-state index in [0.717, 1.165) is 26.0 Å². The van der Waals surface area contributed by atoms with Gasteiger partial charge in [-0.25, -0.2) is 0 Å². The van der Waals surface area contributed by atoms with Crippen LogP contribution in [0.2, 0.25) is 0 Å². The normalized spacial score (nSPS) is 31.4. The van der Waals surface area contributed by atoms with Crippen molar-refractivity contribution in [3.63, 3.8) is 0 Å². The first kappa shape index (κ1) is 9.01. The molecule has 1 unspecified atom stereocenters. The zero-order valence-electron chi connectivity index (χ0n) is 7.81. The Morgan fingerprint density at radius 1 is 1.55 bits per heavy atom. The van der Waals surface area contributed by atoms with Crippen molar-refractivity contribution in [2.24, 2.45) is 0 Å². The summed E-state index contributed by atoms with van der Waals surface area (Å²) >= 11 is 0. The molecule has 1 aliphatic rings. The molecule has 2 nitrogen and oxygen atoms in total. The van der Waals surface area contributed by atoms with E-state index in [1.807, 2.05) is 0 Å². The van der Waals surface area contributed by atoms with Crippen LogP contribution in [0.4, 0.5) is 0 Å². The summed E-state index contributed by atoms with van der Waals surface area (Å²) in [5, 5.41) is 3.50. The molecule has 1 atom stereocenters. The molecule has 0 aromatic rings. The third kappa shape index (κ3) is 2.80. The highest BCUT2D eigenvalue weighted by atomic mass is 16.5. The largest absolute Gasteiger partial charge is 0.377 e. The van der Waals surface area contributed by atoms with Gasteiger partial charge in [-0.3, -0.25) is 0 Å². The lowest BCUT2D eigenvalue weighted by Crippen LogP contribution is -2.40. The summed E-state index contributed by atoms with van der Waals surface area (Å²) in [6.07, 6.45) is 2.66. The van der Waals surface area contributed by atoms with E-state index in [4.69, 9.17) is 4.74 Å². The highest BCUT2D eigenvalue weighted by molar-refractivity contribution is 4.81. The van der Waals surface area contributed by atoms with Gasteiger partial charge in [-0.2, -0.15) is 0 Å². The Bertz CT molecular complexity index is 123. The maximum Gasteiger partial charge on any atom is 0.0697 e. The van der Waals surface area contributed by atoms with Crippen LogP contribution in [0.1, 0.15) is 33.6 Å². The molecule has 0 spiro atoms. The fourth-order valence-corrected chi connectivity index (χ4v) is 1.28. The second-order valence-corrected chi connectivity index (χ2v) is 3.92. The van der Waals surface area contributed by atoms with Crippen molar-refractivity contribution in [2.45, 2.75) is 45.3 Å². The average molecular weight is 157 g/mol. The van der Waals surface area contributed by atoms with E-state index in [0.29, 0.717) is 6.10 Å². The van der Waals surface area contributed by atoms with E-state index < -0.39 is 0 Å². The summed E-state index contributed by atoms with van der Waals surface area (Å²) < 4.78 is 5.63. The minimum Gasteiger partial charge on any atom is -0.377 e. The summed E-state index contributed by atoms with van der Waals surface area (Å²) in [5.41, 5.74) is 0.268. The number of nitrogens with one attached hydrogen (secondary N) is 1. The second kappa shape index (κ2) is 3.55. The van der Waals surface area contributed by atoms with Gasteiger partial charge in [-0.1, -0.05) is 6.92 Å². The Morgan fingerprint density at radius 2 is 2.27 bits per heavy atom. The molecule has 66 valence electrons. The van der Waals surface area contributed by atoms with E-state index in [2.05, 4.69) is 26.1 Å². The lowest BCUT2D eigenvalue weighted by Gasteiger charge is -2.22. The molecule has 1 fully saturated rings. The molecule has 1 aliphatic heterocycles. The van der Waals surface area contributed by atoms with Crippen molar-refractivity contribution in [3.8, 4) is 0 Å². The highest BCUT2D eigenvalue weighted by Crippen LogP contribution is 2.13. The molecule has 0 radical (unpaired) electrons. The van der Waals surface area contributed by atoms with Crippen molar-refractivity contribution in [1.82, 2.24) is 5.32 Å². The number of hydrogen-bond acceptors (Lipinski definition) is 2. The molecule has 1 saturated heterocycles. The Labute approximate surface area is 69.3 Å². The predicted molar refractivity (Wildman–Crippen MR) is 46.7 cm³/mol. The number of ether oxygens (including phenoxy) is 1. The standard InChI is InChI=1S/C9H19NO/c1-4-8-7-10-9(2,3)5-6-11-8/h8,10H,4-7H2,1-3H3. The quantitative estimate of drug-likeness (QED) is 0.623. The molecular weight excluding hydrogens is 138 g/mol. The first-order valence-electron chi connectivity index (χ1n) is 4.51. The van der Waals surface area contributed by atoms with Crippen LogP contribution in [0.3, 0.4) is 0 Å². The molecule has 0 saturated carbocycles. The third-order valence-electron chi connectivity index (χ3n) is 2.34. The molecule has 1 N–H and O–H groups in total. The van der Waals surface area contributed by atoms with Crippen LogP contribution in [0.5, 0.6) is 0 Å². The first-order valence-corrected chi connectivity index (χ1v) is 4.51. The topological polar surface area (TPSA) is 21.3 Å². The molecule has 2 heteroatoms. The molecule has 0 bridgehead atoms. The molecular formula is C9H19NO. The van der Waals surface area contributed by atoms with Gasteiger partial charge < -0.3 is 10.1 Å². The maximum atomic E-state index is 5.63. The van der Waals surface area contributed by atoms with Gasteiger partial charge in [0.25, 0.3) is 0 Å². The average Bonchev–Trinajstić information content (AvgIpc) is 2.10. The number of rotatable bonds is 1. The fraction of sp³-hybridized carbons (Fsp3) is 1.00. The summed E-state index contributed by atoms with van der Waals surface area (Å²) in [4.78, 5) is 0. The van der Waals surface area contributed by atoms with Crippen LogP contribution in [-0.2, 0) is 4.74 Å². The van der Waals surface area contributed by atoms with Gasteiger partial charge in [0.05, 0.1) is 6.10 Å². The lowest BCUT2D eigenvalue weighted by atomic mass is 10.0. The molecule has 0 amide bonds. The van der Waals surface area contributed by atoms with E-state index in [1.165, 1.54) is 0 Å². The van der Waals surface area contributed by atoms with Gasteiger partial charge in [0.2, 0.25) is 0 Å². The van der Waals surface area contributed by atoms with E-state index in [-0.39, 0.29) is 5.54 Å². The summed E-state index contributed by atoms with van der Waals surface area (Å²) in [7, 11) is 0. The highest BCUT2D eigenvalue weighted by Gasteiger charge is 2.22. The Balaban J connectivity index is 2.39. The van der Waals surface area contributed by atoms with Gasteiger partial charge in [-0.05, 0) is 26.7 Å². The van der Waals surface area contributed by atoms with Crippen molar-refractivity contribution in [1.29, 1.82) is 0 Å². The summed E-state index contributed by atoms with van der Waals surface area (Å²) in [6.45, 7) is 8.54. The van der Waals surface area contributed by atoms with Gasteiger partial charge in [0.15, 0.2) is 0 Å². The number of hydrogen-bond donors (Lipinski definition) is 1. The lowest BCUT2D eigenvalue weighted by molar-refractivity contribution is 0.0635. The smallest absolute Gasteiger partial charge is 0.0697 e. The van der Waals surface area contributed by atoms with Crippen molar-refractivity contribution in [2.75, 3.05) is 13.2 Å². The monoisotopic (exact) mass is 157 g/mol. The minimum atomic E-state index is 0.268. The van der Waals surface area contributed by atoms with Crippen molar-refractivity contribution >= 4 is 0 Å². The zero-order chi connectivity index (χ0) is 8.32. The van der Waals surface area contributed by atoms with E-state index in [9.17, 15) is 0 Å². The molecule has 11 heavy (non-hydrogen) atoms. The second-order valence-electron chi connectivity index (χ2n) is 3.92. The Kier molecular flexibility index (Phi) is 2.90. The van der Waals surface area contributed by atoms with Crippen molar-refractivity contribution in [3.05, 3.63) is 0 Å². The Hall–Kier alpha value is -0.0800. The van der Waals surface area contributed by atoms with E-state index >= 15 is 0 Å². The Morgan fingerprint density at radius 3 is 2.91 bits per heavy atom. The molecule has 0 aromatic carbocycles.